The summed E-state index contributed by atoms with van der Waals surface area (Å²) in [6, 6.07) is 4.29. The van der Waals surface area contributed by atoms with Crippen LogP contribution in [0.2, 0.25) is 0 Å². The predicted octanol–water partition coefficient (Wildman–Crippen LogP) is 4.77. The van der Waals surface area contributed by atoms with Crippen molar-refractivity contribution in [2.45, 2.75) is 53.1 Å². The summed E-state index contributed by atoms with van der Waals surface area (Å²) in [5, 5.41) is 3.23. The predicted molar refractivity (Wildman–Crippen MR) is 95.2 cm³/mol. The number of carbonyl (C=O) groups excluding carboxylic acids is 1. The summed E-state index contributed by atoms with van der Waals surface area (Å²) >= 11 is 0. The van der Waals surface area contributed by atoms with Gasteiger partial charge in [-0.15, -0.1) is 0 Å². The van der Waals surface area contributed by atoms with E-state index in [4.69, 9.17) is 0 Å². The molecule has 3 heteroatoms. The third-order valence-corrected chi connectivity index (χ3v) is 10.8. The minimum atomic E-state index is -1.06. The molecule has 1 aromatic rings. The quantitative estimate of drug-likeness (QED) is 0.798. The maximum absolute atomic E-state index is 12.8. The summed E-state index contributed by atoms with van der Waals surface area (Å²) in [6.07, 6.45) is 6.48. The molecule has 1 unspecified atom stereocenters. The van der Waals surface area contributed by atoms with Gasteiger partial charge in [0.1, 0.15) is 5.66 Å². The zero-order valence-corrected chi connectivity index (χ0v) is 15.0. The van der Waals surface area contributed by atoms with Gasteiger partial charge in [0.05, 0.1) is 18.5 Å². The standard InChI is InChI=1S/C18H28NOP/c1-6-21(9-7-8-10-21)16(5)18(20)19-17-14(3)11-13(2)12-15(17)4/h11-12,16H,6-10H2,1-5H3/p+1. The highest BCUT2D eigenvalue weighted by atomic mass is 31.2. The number of amides is 1. The van der Waals surface area contributed by atoms with E-state index in [0.29, 0.717) is 0 Å². The molecular weight excluding hydrogens is 277 g/mol. The second kappa shape index (κ2) is 6.48. The van der Waals surface area contributed by atoms with Crippen LogP contribution in [-0.2, 0) is 4.79 Å². The zero-order valence-electron chi connectivity index (χ0n) is 14.1. The van der Waals surface area contributed by atoms with Gasteiger partial charge in [-0.1, -0.05) is 17.7 Å². The SMILES string of the molecule is CC[P+]1(C(C)C(=O)Nc2c(C)cc(C)cc2C)CCCC1. The van der Waals surface area contributed by atoms with Gasteiger partial charge in [-0.2, -0.15) is 0 Å². The Kier molecular flexibility index (Phi) is 5.09. The van der Waals surface area contributed by atoms with Gasteiger partial charge in [0.25, 0.3) is 5.91 Å². The van der Waals surface area contributed by atoms with Crippen LogP contribution in [0, 0.1) is 20.8 Å². The summed E-state index contributed by atoms with van der Waals surface area (Å²) < 4.78 is 0. The Morgan fingerprint density at radius 2 is 1.71 bits per heavy atom. The number of benzene rings is 1. The lowest BCUT2D eigenvalue weighted by Crippen LogP contribution is -2.30. The average Bonchev–Trinajstić information content (AvgIpc) is 2.91. The number of hydrogen-bond acceptors (Lipinski definition) is 1. The van der Waals surface area contributed by atoms with Crippen molar-refractivity contribution in [3.8, 4) is 0 Å². The Morgan fingerprint density at radius 1 is 1.19 bits per heavy atom. The molecule has 1 fully saturated rings. The number of hydrogen-bond donors (Lipinski definition) is 1. The fourth-order valence-electron chi connectivity index (χ4n) is 3.80. The van der Waals surface area contributed by atoms with Crippen molar-refractivity contribution in [1.29, 1.82) is 0 Å². The van der Waals surface area contributed by atoms with Gasteiger partial charge in [-0.05, 0) is 58.6 Å². The van der Waals surface area contributed by atoms with Gasteiger partial charge >= 0.3 is 0 Å². The van der Waals surface area contributed by atoms with E-state index in [-0.39, 0.29) is 11.6 Å². The first-order chi connectivity index (χ1) is 9.89. The zero-order chi connectivity index (χ0) is 15.6. The molecule has 1 amide bonds. The smallest absolute Gasteiger partial charge is 0.264 e. The van der Waals surface area contributed by atoms with E-state index in [9.17, 15) is 4.79 Å². The number of rotatable bonds is 4. The molecule has 1 heterocycles. The fraction of sp³-hybridized carbons (Fsp3) is 0.611. The van der Waals surface area contributed by atoms with Crippen LogP contribution in [0.3, 0.4) is 0 Å². The van der Waals surface area contributed by atoms with Crippen LogP contribution in [0.5, 0.6) is 0 Å². The third kappa shape index (κ3) is 3.31. The molecule has 1 atom stereocenters. The average molecular weight is 306 g/mol. The van der Waals surface area contributed by atoms with Crippen LogP contribution in [0.15, 0.2) is 12.1 Å². The minimum absolute atomic E-state index is 0.199. The lowest BCUT2D eigenvalue weighted by molar-refractivity contribution is -0.115. The van der Waals surface area contributed by atoms with Crippen LogP contribution in [0.4, 0.5) is 5.69 Å². The van der Waals surface area contributed by atoms with E-state index in [0.717, 1.165) is 5.69 Å². The van der Waals surface area contributed by atoms with Crippen molar-refractivity contribution in [2.75, 3.05) is 23.8 Å². The number of carbonyl (C=O) groups is 1. The normalized spacial score (nSPS) is 18.5. The topological polar surface area (TPSA) is 29.1 Å². The van der Waals surface area contributed by atoms with Gasteiger partial charge < -0.3 is 5.32 Å². The molecule has 0 bridgehead atoms. The Balaban J connectivity index is 2.18. The highest BCUT2D eigenvalue weighted by Crippen LogP contribution is 2.67. The summed E-state index contributed by atoms with van der Waals surface area (Å²) in [7, 11) is -1.06. The van der Waals surface area contributed by atoms with Gasteiger partial charge in [-0.3, -0.25) is 4.79 Å². The number of nitrogens with one attached hydrogen (secondary N) is 1. The Hall–Kier alpha value is -0.880. The van der Waals surface area contributed by atoms with Crippen molar-refractivity contribution in [1.82, 2.24) is 0 Å². The molecule has 116 valence electrons. The summed E-state index contributed by atoms with van der Waals surface area (Å²) in [4.78, 5) is 12.8. The van der Waals surface area contributed by atoms with Gasteiger partial charge in [-0.25, -0.2) is 0 Å². The molecule has 1 aliphatic heterocycles. The summed E-state index contributed by atoms with van der Waals surface area (Å²) in [5.41, 5.74) is 4.81. The maximum Gasteiger partial charge on any atom is 0.264 e. The third-order valence-electron chi connectivity index (χ3n) is 5.21. The highest BCUT2D eigenvalue weighted by Gasteiger charge is 2.47. The van der Waals surface area contributed by atoms with Crippen molar-refractivity contribution in [2.24, 2.45) is 0 Å². The second-order valence-corrected chi connectivity index (χ2v) is 11.4. The van der Waals surface area contributed by atoms with Crippen LogP contribution >= 0.6 is 7.26 Å². The van der Waals surface area contributed by atoms with E-state index in [2.05, 4.69) is 52.1 Å². The maximum atomic E-state index is 12.8. The Labute approximate surface area is 130 Å². The monoisotopic (exact) mass is 306 g/mol. The first-order valence-electron chi connectivity index (χ1n) is 8.14. The van der Waals surface area contributed by atoms with Crippen LogP contribution in [-0.4, -0.2) is 30.1 Å². The molecule has 2 rings (SSSR count). The molecule has 0 aliphatic carbocycles. The molecule has 0 saturated carbocycles. The molecule has 0 radical (unpaired) electrons. The molecule has 0 aromatic heterocycles. The van der Waals surface area contributed by atoms with Gasteiger partial charge in [0.2, 0.25) is 0 Å². The van der Waals surface area contributed by atoms with Gasteiger partial charge in [0, 0.05) is 12.9 Å². The van der Waals surface area contributed by atoms with E-state index in [1.165, 1.54) is 48.0 Å². The van der Waals surface area contributed by atoms with E-state index < -0.39 is 7.26 Å². The Bertz CT molecular complexity index is 509. The largest absolute Gasteiger partial charge is 0.322 e. The lowest BCUT2D eigenvalue weighted by Gasteiger charge is -2.27. The first-order valence-corrected chi connectivity index (χ1v) is 10.6. The lowest BCUT2D eigenvalue weighted by atomic mass is 10.1. The van der Waals surface area contributed by atoms with E-state index in [1.54, 1.807) is 0 Å². The first kappa shape index (κ1) is 16.5. The van der Waals surface area contributed by atoms with Crippen LogP contribution in [0.25, 0.3) is 0 Å². The second-order valence-electron chi connectivity index (χ2n) is 6.63. The van der Waals surface area contributed by atoms with E-state index in [1.807, 2.05) is 0 Å². The summed E-state index contributed by atoms with van der Waals surface area (Å²) in [6.45, 7) is 10.7. The minimum Gasteiger partial charge on any atom is -0.322 e. The number of anilines is 1. The van der Waals surface area contributed by atoms with Crippen LogP contribution < -0.4 is 5.32 Å². The molecule has 1 saturated heterocycles. The van der Waals surface area contributed by atoms with Gasteiger partial charge in [0.15, 0.2) is 0 Å². The van der Waals surface area contributed by atoms with Crippen LogP contribution in [0.1, 0.15) is 43.4 Å². The molecule has 1 N–H and O–H groups in total. The Morgan fingerprint density at radius 3 is 2.19 bits per heavy atom. The van der Waals surface area contributed by atoms with E-state index >= 15 is 0 Å². The van der Waals surface area contributed by atoms with Crippen molar-refractivity contribution in [3.05, 3.63) is 28.8 Å². The van der Waals surface area contributed by atoms with Crippen molar-refractivity contribution < 1.29 is 4.79 Å². The number of aryl methyl sites for hydroxylation is 3. The summed E-state index contributed by atoms with van der Waals surface area (Å²) in [5.74, 6) is 0.238. The molecule has 2 nitrogen and oxygen atoms in total. The van der Waals surface area contributed by atoms with Crippen molar-refractivity contribution in [3.63, 3.8) is 0 Å². The molecule has 1 aromatic carbocycles. The molecule has 21 heavy (non-hydrogen) atoms. The molecular formula is C18H29NOP+. The highest BCUT2D eigenvalue weighted by molar-refractivity contribution is 7.77. The molecule has 1 aliphatic rings. The fourth-order valence-corrected chi connectivity index (χ4v) is 8.24. The molecule has 0 spiro atoms. The van der Waals surface area contributed by atoms with Crippen molar-refractivity contribution >= 4 is 18.9 Å².